The molecule has 0 aliphatic carbocycles. The second-order valence-electron chi connectivity index (χ2n) is 6.55. The highest BCUT2D eigenvalue weighted by Gasteiger charge is 2.46. The maximum atomic E-state index is 13.9. The quantitative estimate of drug-likeness (QED) is 0.421. The van der Waals surface area contributed by atoms with E-state index in [1.165, 1.54) is 6.20 Å². The monoisotopic (exact) mass is 463 g/mol. The molecular weight excluding hydrogens is 440 g/mol. The van der Waals surface area contributed by atoms with Crippen LogP contribution in [0.15, 0.2) is 60.9 Å². The van der Waals surface area contributed by atoms with Crippen molar-refractivity contribution >= 4 is 15.3 Å². The molecule has 3 aromatic rings. The number of fused-ring (bicyclic) bond motifs is 3. The van der Waals surface area contributed by atoms with E-state index in [-0.39, 0.29) is 19.0 Å². The first-order valence-electron chi connectivity index (χ1n) is 9.81. The van der Waals surface area contributed by atoms with Gasteiger partial charge in [-0.1, -0.05) is 36.4 Å². The number of para-hydroxylation sites is 2. The van der Waals surface area contributed by atoms with E-state index < -0.39 is 21.1 Å². The summed E-state index contributed by atoms with van der Waals surface area (Å²) in [7, 11) is -7.95. The van der Waals surface area contributed by atoms with Crippen molar-refractivity contribution < 1.29 is 27.2 Å². The van der Waals surface area contributed by atoms with Crippen LogP contribution in [-0.4, -0.2) is 23.2 Å². The molecule has 4 rings (SSSR count). The number of nitrogens with one attached hydrogen (secondary N) is 2. The van der Waals surface area contributed by atoms with Crippen LogP contribution in [0.1, 0.15) is 25.5 Å². The number of H-pyrrole nitrogens is 1. The van der Waals surface area contributed by atoms with Crippen LogP contribution in [0.4, 0.5) is 0 Å². The van der Waals surface area contributed by atoms with Crippen LogP contribution < -0.4 is 14.1 Å². The van der Waals surface area contributed by atoms with Crippen LogP contribution in [-0.2, 0) is 18.2 Å². The highest BCUT2D eigenvalue weighted by molar-refractivity contribution is 7.57. The number of nitrogens with zero attached hydrogens (tertiary/aromatic N) is 1. The summed E-state index contributed by atoms with van der Waals surface area (Å²) >= 11 is 0. The van der Waals surface area contributed by atoms with Crippen molar-refractivity contribution in [1.82, 2.24) is 15.1 Å². The van der Waals surface area contributed by atoms with Gasteiger partial charge in [0.15, 0.2) is 5.78 Å². The molecular formula is C20H23N3O6P2. The fraction of sp³-hybridized carbons (Fsp3) is 0.250. The topological polar surface area (TPSA) is 112 Å². The lowest BCUT2D eigenvalue weighted by molar-refractivity contribution is 0.208. The Morgan fingerprint density at radius 1 is 1.03 bits per heavy atom. The Balaban J connectivity index is 1.79. The number of hydrogen-bond acceptors (Lipinski definition) is 7. The van der Waals surface area contributed by atoms with Crippen molar-refractivity contribution in [2.24, 2.45) is 0 Å². The number of aromatic nitrogens is 2. The van der Waals surface area contributed by atoms with Crippen molar-refractivity contribution in [2.75, 3.05) is 13.2 Å². The second kappa shape index (κ2) is 8.99. The van der Waals surface area contributed by atoms with E-state index in [9.17, 15) is 9.13 Å². The lowest BCUT2D eigenvalue weighted by Gasteiger charge is -2.28. The normalized spacial score (nSPS) is 15.7. The Bertz CT molecular complexity index is 1080. The van der Waals surface area contributed by atoms with Gasteiger partial charge in [-0.05, 0) is 26.0 Å². The van der Waals surface area contributed by atoms with Crippen molar-refractivity contribution in [3.8, 4) is 22.6 Å². The molecule has 1 unspecified atom stereocenters. The van der Waals surface area contributed by atoms with E-state index in [1.54, 1.807) is 44.3 Å². The maximum Gasteiger partial charge on any atom is 0.514 e. The molecule has 0 saturated heterocycles. The third kappa shape index (κ3) is 4.47. The molecule has 0 amide bonds. The van der Waals surface area contributed by atoms with E-state index in [0.29, 0.717) is 11.5 Å². The van der Waals surface area contributed by atoms with Gasteiger partial charge < -0.3 is 23.1 Å². The highest BCUT2D eigenvalue weighted by Crippen LogP contribution is 2.64. The van der Waals surface area contributed by atoms with Crippen LogP contribution in [0.2, 0.25) is 0 Å². The molecule has 31 heavy (non-hydrogen) atoms. The van der Waals surface area contributed by atoms with Crippen LogP contribution in [0.5, 0.6) is 11.5 Å². The summed E-state index contributed by atoms with van der Waals surface area (Å²) in [5, 5.41) is 2.77. The zero-order valence-corrected chi connectivity index (χ0v) is 18.8. The molecule has 11 heteroatoms. The fourth-order valence-electron chi connectivity index (χ4n) is 3.27. The number of hydrogen-bond donors (Lipinski definition) is 2. The van der Waals surface area contributed by atoms with Crippen molar-refractivity contribution in [3.63, 3.8) is 0 Å². The summed E-state index contributed by atoms with van der Waals surface area (Å²) < 4.78 is 50.2. The van der Waals surface area contributed by atoms with E-state index in [4.69, 9.17) is 18.1 Å². The molecule has 164 valence electrons. The summed E-state index contributed by atoms with van der Waals surface area (Å²) in [6, 6.07) is 14.3. The average molecular weight is 463 g/mol. The van der Waals surface area contributed by atoms with E-state index >= 15 is 0 Å². The molecule has 1 aliphatic rings. The van der Waals surface area contributed by atoms with Crippen molar-refractivity contribution in [3.05, 3.63) is 66.7 Å². The summed E-state index contributed by atoms with van der Waals surface area (Å²) in [4.78, 5) is 7.06. The number of imidazole rings is 1. The van der Waals surface area contributed by atoms with Crippen LogP contribution >= 0.6 is 15.3 Å². The number of rotatable bonds is 8. The Morgan fingerprint density at radius 3 is 2.06 bits per heavy atom. The minimum Gasteiger partial charge on any atom is -0.404 e. The molecule has 2 heterocycles. The lowest BCUT2D eigenvalue weighted by atomic mass is 10.0. The first-order chi connectivity index (χ1) is 15.0. The minimum atomic E-state index is -4.10. The SMILES string of the molecule is CCOP(=O)(OCC)C(NP1(=O)Oc2ccccc2-c2ccccc2O1)c1ncc[nH]1. The summed E-state index contributed by atoms with van der Waals surface area (Å²) in [5.74, 6) is -0.266. The highest BCUT2D eigenvalue weighted by atomic mass is 31.2. The molecule has 0 fully saturated rings. The Morgan fingerprint density at radius 2 is 1.58 bits per heavy atom. The van der Waals surface area contributed by atoms with Gasteiger partial charge in [0.05, 0.1) is 13.2 Å². The third-order valence-corrected chi connectivity index (χ3v) is 8.39. The molecule has 1 aromatic heterocycles. The molecule has 0 saturated carbocycles. The van der Waals surface area contributed by atoms with Crippen molar-refractivity contribution in [1.29, 1.82) is 0 Å². The fourth-order valence-corrected chi connectivity index (χ4v) is 7.20. The largest absolute Gasteiger partial charge is 0.514 e. The predicted octanol–water partition coefficient (Wildman–Crippen LogP) is 5.51. The molecule has 2 N–H and O–H groups in total. The molecule has 0 radical (unpaired) electrons. The first-order valence-corrected chi connectivity index (χ1v) is 13.0. The summed E-state index contributed by atoms with van der Waals surface area (Å²) in [5.41, 5.74) is 1.45. The van der Waals surface area contributed by atoms with Gasteiger partial charge in [0.1, 0.15) is 17.3 Å². The minimum absolute atomic E-state index is 0.119. The van der Waals surface area contributed by atoms with Gasteiger partial charge in [0.25, 0.3) is 0 Å². The Labute approximate surface area is 180 Å². The molecule has 0 bridgehead atoms. The van der Waals surface area contributed by atoms with Crippen LogP contribution in [0, 0.1) is 0 Å². The van der Waals surface area contributed by atoms with Gasteiger partial charge in [0.2, 0.25) is 0 Å². The molecule has 0 spiro atoms. The van der Waals surface area contributed by atoms with Gasteiger partial charge in [-0.25, -0.2) is 9.55 Å². The van der Waals surface area contributed by atoms with Crippen LogP contribution in [0.3, 0.4) is 0 Å². The van der Waals surface area contributed by atoms with Crippen molar-refractivity contribution in [2.45, 2.75) is 19.6 Å². The maximum absolute atomic E-state index is 13.9. The third-order valence-electron chi connectivity index (χ3n) is 4.49. The smallest absolute Gasteiger partial charge is 0.404 e. The second-order valence-corrected chi connectivity index (χ2v) is 10.3. The summed E-state index contributed by atoms with van der Waals surface area (Å²) in [6.07, 6.45) is 3.04. The number of benzene rings is 2. The van der Waals surface area contributed by atoms with Gasteiger partial charge in [0, 0.05) is 23.5 Å². The number of aromatic amines is 1. The molecule has 1 atom stereocenters. The zero-order chi connectivity index (χ0) is 21.9. The lowest BCUT2D eigenvalue weighted by Crippen LogP contribution is -2.26. The van der Waals surface area contributed by atoms with E-state index in [2.05, 4.69) is 15.1 Å². The Kier molecular flexibility index (Phi) is 6.32. The predicted molar refractivity (Wildman–Crippen MR) is 116 cm³/mol. The van der Waals surface area contributed by atoms with Gasteiger partial charge in [-0.15, -0.1) is 0 Å². The van der Waals surface area contributed by atoms with Gasteiger partial charge >= 0.3 is 15.3 Å². The van der Waals surface area contributed by atoms with Crippen LogP contribution in [0.25, 0.3) is 11.1 Å². The summed E-state index contributed by atoms with van der Waals surface area (Å²) in [6.45, 7) is 3.62. The molecule has 1 aliphatic heterocycles. The average Bonchev–Trinajstić information content (AvgIpc) is 3.24. The van der Waals surface area contributed by atoms with E-state index in [0.717, 1.165) is 11.1 Å². The molecule has 2 aromatic carbocycles. The van der Waals surface area contributed by atoms with E-state index in [1.807, 2.05) is 24.3 Å². The standard InChI is InChI=1S/C20H23N3O6P2/c1-3-26-30(24,27-4-2)20(19-21-13-14-22-19)23-31(25)28-17-11-7-5-9-15(17)16-10-6-8-12-18(16)29-31/h5-14,20H,3-4H2,1-2H3,(H,21,22)(H,23,25). The van der Waals surface area contributed by atoms with Gasteiger partial charge in [-0.2, -0.15) is 5.09 Å². The first kappa shape index (κ1) is 21.8. The Hall–Kier alpha value is -2.41. The molecule has 9 nitrogen and oxygen atoms in total. The van der Waals surface area contributed by atoms with Gasteiger partial charge in [-0.3, -0.25) is 4.57 Å². The zero-order valence-electron chi connectivity index (χ0n) is 17.1.